The molecule has 0 aromatic heterocycles. The second-order valence-electron chi connectivity index (χ2n) is 4.60. The Morgan fingerprint density at radius 2 is 2.12 bits per heavy atom. The van der Waals surface area contributed by atoms with Gasteiger partial charge in [-0.2, -0.15) is 0 Å². The van der Waals surface area contributed by atoms with Crippen LogP contribution in [0.25, 0.3) is 0 Å². The third kappa shape index (κ3) is 3.34. The van der Waals surface area contributed by atoms with Gasteiger partial charge in [0.25, 0.3) is 0 Å². The Labute approximate surface area is 103 Å². The number of benzene rings is 1. The predicted octanol–water partition coefficient (Wildman–Crippen LogP) is 3.58. The normalized spacial score (nSPS) is 21.2. The molecule has 0 spiro atoms. The van der Waals surface area contributed by atoms with Gasteiger partial charge in [-0.3, -0.25) is 0 Å². The minimum Gasteiger partial charge on any atom is -0.486 e. The summed E-state index contributed by atoms with van der Waals surface area (Å²) in [7, 11) is 0. The van der Waals surface area contributed by atoms with E-state index in [1.807, 2.05) is 12.1 Å². The van der Waals surface area contributed by atoms with E-state index in [1.165, 1.54) is 18.4 Å². The molecular formula is C15H21NO. The van der Waals surface area contributed by atoms with E-state index in [1.54, 1.807) is 0 Å². The number of nitrogens with two attached hydrogens (primary N) is 1. The topological polar surface area (TPSA) is 35.2 Å². The second kappa shape index (κ2) is 5.87. The molecule has 0 saturated carbocycles. The molecule has 2 nitrogen and oxygen atoms in total. The molecule has 0 aliphatic heterocycles. The SMILES string of the molecule is CCC(N)c1ccc(OC2C=CCCC2)cc1. The molecule has 1 aliphatic carbocycles. The average molecular weight is 231 g/mol. The Kier molecular flexibility index (Phi) is 4.21. The van der Waals surface area contributed by atoms with Crippen molar-refractivity contribution < 1.29 is 4.74 Å². The lowest BCUT2D eigenvalue weighted by Crippen LogP contribution is -2.15. The largest absolute Gasteiger partial charge is 0.486 e. The third-order valence-corrected chi connectivity index (χ3v) is 3.25. The first-order chi connectivity index (χ1) is 8.29. The number of ether oxygens (including phenoxy) is 1. The molecule has 2 rings (SSSR count). The molecule has 17 heavy (non-hydrogen) atoms. The maximum atomic E-state index is 5.98. The molecule has 0 heterocycles. The summed E-state index contributed by atoms with van der Waals surface area (Å²) < 4.78 is 5.90. The summed E-state index contributed by atoms with van der Waals surface area (Å²) in [6.45, 7) is 2.10. The van der Waals surface area contributed by atoms with Crippen LogP contribution in [0, 0.1) is 0 Å². The summed E-state index contributed by atoms with van der Waals surface area (Å²) in [5, 5.41) is 0. The number of allylic oxidation sites excluding steroid dienone is 1. The molecule has 0 bridgehead atoms. The van der Waals surface area contributed by atoms with Crippen LogP contribution in [-0.2, 0) is 0 Å². The molecule has 0 fully saturated rings. The lowest BCUT2D eigenvalue weighted by molar-refractivity contribution is 0.230. The van der Waals surface area contributed by atoms with Crippen molar-refractivity contribution in [3.05, 3.63) is 42.0 Å². The fourth-order valence-electron chi connectivity index (χ4n) is 2.08. The van der Waals surface area contributed by atoms with Crippen LogP contribution in [0.4, 0.5) is 0 Å². The van der Waals surface area contributed by atoms with Gasteiger partial charge < -0.3 is 10.5 Å². The van der Waals surface area contributed by atoms with Gasteiger partial charge in [0, 0.05) is 6.04 Å². The summed E-state index contributed by atoms with van der Waals surface area (Å²) in [4.78, 5) is 0. The van der Waals surface area contributed by atoms with Gasteiger partial charge in [0.2, 0.25) is 0 Å². The minimum atomic E-state index is 0.138. The molecule has 1 aromatic rings. The zero-order valence-corrected chi connectivity index (χ0v) is 10.4. The summed E-state index contributed by atoms with van der Waals surface area (Å²) in [5.74, 6) is 0.939. The van der Waals surface area contributed by atoms with Crippen LogP contribution in [0.5, 0.6) is 5.75 Å². The van der Waals surface area contributed by atoms with E-state index in [2.05, 4.69) is 31.2 Å². The van der Waals surface area contributed by atoms with Gasteiger partial charge in [-0.15, -0.1) is 0 Å². The smallest absolute Gasteiger partial charge is 0.120 e. The monoisotopic (exact) mass is 231 g/mol. The Morgan fingerprint density at radius 1 is 1.35 bits per heavy atom. The van der Waals surface area contributed by atoms with Gasteiger partial charge in [0.1, 0.15) is 11.9 Å². The minimum absolute atomic E-state index is 0.138. The first-order valence-corrected chi connectivity index (χ1v) is 6.48. The van der Waals surface area contributed by atoms with E-state index in [-0.39, 0.29) is 12.1 Å². The highest BCUT2D eigenvalue weighted by molar-refractivity contribution is 5.29. The lowest BCUT2D eigenvalue weighted by atomic mass is 10.0. The maximum absolute atomic E-state index is 5.98. The summed E-state index contributed by atoms with van der Waals surface area (Å²) in [5.41, 5.74) is 7.16. The third-order valence-electron chi connectivity index (χ3n) is 3.25. The van der Waals surface area contributed by atoms with Crippen LogP contribution in [0.3, 0.4) is 0 Å². The fraction of sp³-hybridized carbons (Fsp3) is 0.467. The summed E-state index contributed by atoms with van der Waals surface area (Å²) in [6, 6.07) is 8.31. The van der Waals surface area contributed by atoms with Crippen molar-refractivity contribution in [2.75, 3.05) is 0 Å². The van der Waals surface area contributed by atoms with Gasteiger partial charge >= 0.3 is 0 Å². The first kappa shape index (κ1) is 12.2. The van der Waals surface area contributed by atoms with Crippen LogP contribution in [0.15, 0.2) is 36.4 Å². The predicted molar refractivity (Wildman–Crippen MR) is 71.1 cm³/mol. The van der Waals surface area contributed by atoms with E-state index >= 15 is 0 Å². The quantitative estimate of drug-likeness (QED) is 0.804. The van der Waals surface area contributed by atoms with Gasteiger partial charge in [0.05, 0.1) is 0 Å². The zero-order chi connectivity index (χ0) is 12.1. The standard InChI is InChI=1S/C15H21NO/c1-2-15(16)12-8-10-14(11-9-12)17-13-6-4-3-5-7-13/h4,6,8-11,13,15H,2-3,5,7,16H2,1H3. The van der Waals surface area contributed by atoms with Gasteiger partial charge in [-0.05, 0) is 49.5 Å². The molecule has 0 amide bonds. The molecule has 0 saturated heterocycles. The Morgan fingerprint density at radius 3 is 2.71 bits per heavy atom. The van der Waals surface area contributed by atoms with E-state index in [9.17, 15) is 0 Å². The van der Waals surface area contributed by atoms with E-state index in [4.69, 9.17) is 10.5 Å². The first-order valence-electron chi connectivity index (χ1n) is 6.48. The van der Waals surface area contributed by atoms with Crippen LogP contribution in [-0.4, -0.2) is 6.10 Å². The van der Waals surface area contributed by atoms with E-state index in [0.29, 0.717) is 0 Å². The van der Waals surface area contributed by atoms with Crippen LogP contribution >= 0.6 is 0 Å². The van der Waals surface area contributed by atoms with Crippen molar-refractivity contribution in [2.24, 2.45) is 5.73 Å². The van der Waals surface area contributed by atoms with E-state index < -0.39 is 0 Å². The van der Waals surface area contributed by atoms with E-state index in [0.717, 1.165) is 18.6 Å². The van der Waals surface area contributed by atoms with Crippen molar-refractivity contribution in [3.8, 4) is 5.75 Å². The molecule has 2 unspecified atom stereocenters. The Balaban J connectivity index is 1.97. The molecule has 0 radical (unpaired) electrons. The number of hydrogen-bond donors (Lipinski definition) is 1. The van der Waals surface area contributed by atoms with Gasteiger partial charge in [0.15, 0.2) is 0 Å². The summed E-state index contributed by atoms with van der Waals surface area (Å²) >= 11 is 0. The Hall–Kier alpha value is -1.28. The molecule has 2 N–H and O–H groups in total. The maximum Gasteiger partial charge on any atom is 0.120 e. The number of hydrogen-bond acceptors (Lipinski definition) is 2. The molecule has 2 atom stereocenters. The molecule has 1 aliphatic rings. The second-order valence-corrected chi connectivity index (χ2v) is 4.60. The highest BCUT2D eigenvalue weighted by Gasteiger charge is 2.10. The lowest BCUT2D eigenvalue weighted by Gasteiger charge is -2.19. The van der Waals surface area contributed by atoms with Crippen LogP contribution in [0.2, 0.25) is 0 Å². The van der Waals surface area contributed by atoms with Gasteiger partial charge in [-0.1, -0.05) is 25.1 Å². The number of rotatable bonds is 4. The molecule has 92 valence electrons. The Bertz CT molecular complexity index is 369. The van der Waals surface area contributed by atoms with Crippen molar-refractivity contribution in [3.63, 3.8) is 0 Å². The molecular weight excluding hydrogens is 210 g/mol. The summed E-state index contributed by atoms with van der Waals surface area (Å²) in [6.07, 6.45) is 9.10. The van der Waals surface area contributed by atoms with Crippen molar-refractivity contribution in [1.82, 2.24) is 0 Å². The van der Waals surface area contributed by atoms with Crippen molar-refractivity contribution in [2.45, 2.75) is 44.8 Å². The fourth-order valence-corrected chi connectivity index (χ4v) is 2.08. The van der Waals surface area contributed by atoms with Crippen LogP contribution < -0.4 is 10.5 Å². The van der Waals surface area contributed by atoms with Gasteiger partial charge in [-0.25, -0.2) is 0 Å². The molecule has 2 heteroatoms. The zero-order valence-electron chi connectivity index (χ0n) is 10.4. The highest BCUT2D eigenvalue weighted by Crippen LogP contribution is 2.21. The molecule has 1 aromatic carbocycles. The van der Waals surface area contributed by atoms with Crippen molar-refractivity contribution in [1.29, 1.82) is 0 Å². The highest BCUT2D eigenvalue weighted by atomic mass is 16.5. The van der Waals surface area contributed by atoms with Crippen LogP contribution in [0.1, 0.15) is 44.2 Å². The average Bonchev–Trinajstić information content (AvgIpc) is 2.40. The van der Waals surface area contributed by atoms with Crippen molar-refractivity contribution >= 4 is 0 Å².